The Bertz CT molecular complexity index is 401. The first-order chi connectivity index (χ1) is 7.96. The molecule has 17 heavy (non-hydrogen) atoms. The maximum atomic E-state index is 9.67. The Kier molecular flexibility index (Phi) is 3.29. The van der Waals surface area contributed by atoms with Gasteiger partial charge in [-0.25, -0.2) is 0 Å². The molecule has 0 aliphatic heterocycles. The third-order valence-electron chi connectivity index (χ3n) is 3.62. The summed E-state index contributed by atoms with van der Waals surface area (Å²) in [5.41, 5.74) is 1.28. The Hall–Kier alpha value is -1.22. The van der Waals surface area contributed by atoms with Crippen molar-refractivity contribution in [3.8, 4) is 11.5 Å². The summed E-state index contributed by atoms with van der Waals surface area (Å²) >= 11 is 0. The minimum atomic E-state index is 0.105. The van der Waals surface area contributed by atoms with Crippen LogP contribution in [-0.4, -0.2) is 16.3 Å². The van der Waals surface area contributed by atoms with E-state index >= 15 is 0 Å². The van der Waals surface area contributed by atoms with Crippen LogP contribution in [0, 0.1) is 5.41 Å². The minimum absolute atomic E-state index is 0.105. The van der Waals surface area contributed by atoms with E-state index in [4.69, 9.17) is 0 Å². The molecule has 0 heterocycles. The van der Waals surface area contributed by atoms with Gasteiger partial charge in [-0.05, 0) is 30.7 Å². The monoisotopic (exact) mass is 235 g/mol. The summed E-state index contributed by atoms with van der Waals surface area (Å²) in [6.07, 6.45) is 3.64. The summed E-state index contributed by atoms with van der Waals surface area (Å²) in [6.45, 7) is 5.26. The molecule has 2 rings (SSSR count). The second kappa shape index (κ2) is 4.57. The van der Waals surface area contributed by atoms with E-state index in [9.17, 15) is 10.2 Å². The Balaban J connectivity index is 1.90. The Morgan fingerprint density at radius 2 is 2.12 bits per heavy atom. The van der Waals surface area contributed by atoms with E-state index in [0.717, 1.165) is 5.56 Å². The summed E-state index contributed by atoms with van der Waals surface area (Å²) in [5, 5.41) is 22.3. The first-order valence-corrected chi connectivity index (χ1v) is 6.20. The molecule has 0 bridgehead atoms. The Morgan fingerprint density at radius 1 is 1.35 bits per heavy atom. The highest BCUT2D eigenvalue weighted by Crippen LogP contribution is 2.37. The molecule has 1 saturated carbocycles. The molecule has 1 aliphatic rings. The molecular formula is C14H21NO2. The number of phenolic OH excluding ortho intramolecular Hbond substituents is 2. The lowest BCUT2D eigenvalue weighted by atomic mass is 9.92. The van der Waals surface area contributed by atoms with E-state index in [1.54, 1.807) is 12.1 Å². The van der Waals surface area contributed by atoms with Gasteiger partial charge < -0.3 is 15.5 Å². The van der Waals surface area contributed by atoms with E-state index in [2.05, 4.69) is 19.2 Å². The SMILES string of the molecule is CC1(C)CCC(NCc2ccc(O)cc2O)C1. The van der Waals surface area contributed by atoms with E-state index in [-0.39, 0.29) is 11.5 Å². The number of phenols is 2. The van der Waals surface area contributed by atoms with Gasteiger partial charge >= 0.3 is 0 Å². The normalized spacial score (nSPS) is 22.8. The van der Waals surface area contributed by atoms with Crippen LogP contribution < -0.4 is 5.32 Å². The smallest absolute Gasteiger partial charge is 0.123 e. The van der Waals surface area contributed by atoms with Crippen molar-refractivity contribution in [1.29, 1.82) is 0 Å². The zero-order valence-electron chi connectivity index (χ0n) is 10.5. The van der Waals surface area contributed by atoms with Crippen LogP contribution in [0.4, 0.5) is 0 Å². The largest absolute Gasteiger partial charge is 0.508 e. The third-order valence-corrected chi connectivity index (χ3v) is 3.62. The van der Waals surface area contributed by atoms with Gasteiger partial charge in [-0.3, -0.25) is 0 Å². The van der Waals surface area contributed by atoms with Gasteiger partial charge in [0.05, 0.1) is 0 Å². The molecule has 0 spiro atoms. The highest BCUT2D eigenvalue weighted by Gasteiger charge is 2.30. The molecule has 0 aromatic heterocycles. The second-order valence-electron chi connectivity index (χ2n) is 5.80. The van der Waals surface area contributed by atoms with Crippen LogP contribution >= 0.6 is 0 Å². The van der Waals surface area contributed by atoms with Crippen LogP contribution in [0.5, 0.6) is 11.5 Å². The van der Waals surface area contributed by atoms with Crippen molar-refractivity contribution in [2.45, 2.75) is 45.7 Å². The van der Waals surface area contributed by atoms with Crippen LogP contribution in [0.15, 0.2) is 18.2 Å². The van der Waals surface area contributed by atoms with Crippen molar-refractivity contribution in [2.75, 3.05) is 0 Å². The number of hydrogen-bond donors (Lipinski definition) is 3. The van der Waals surface area contributed by atoms with Gasteiger partial charge in [0.25, 0.3) is 0 Å². The Morgan fingerprint density at radius 3 is 2.71 bits per heavy atom. The molecule has 1 unspecified atom stereocenters. The third kappa shape index (κ3) is 3.13. The zero-order valence-corrected chi connectivity index (χ0v) is 10.5. The first-order valence-electron chi connectivity index (χ1n) is 6.20. The molecule has 0 amide bonds. The van der Waals surface area contributed by atoms with Gasteiger partial charge in [0, 0.05) is 24.2 Å². The van der Waals surface area contributed by atoms with Crippen molar-refractivity contribution in [1.82, 2.24) is 5.32 Å². The van der Waals surface area contributed by atoms with E-state index in [1.165, 1.54) is 25.3 Å². The number of hydrogen-bond acceptors (Lipinski definition) is 3. The second-order valence-corrected chi connectivity index (χ2v) is 5.80. The Labute approximate surface area is 102 Å². The van der Waals surface area contributed by atoms with Crippen LogP contribution in [0.1, 0.15) is 38.7 Å². The molecule has 1 aromatic carbocycles. The molecule has 0 saturated heterocycles. The molecule has 3 N–H and O–H groups in total. The summed E-state index contributed by atoms with van der Waals surface area (Å²) in [5.74, 6) is 0.267. The van der Waals surface area contributed by atoms with Gasteiger partial charge in [0.15, 0.2) is 0 Å². The van der Waals surface area contributed by atoms with Crippen LogP contribution in [-0.2, 0) is 6.54 Å². The molecule has 94 valence electrons. The molecule has 3 heteroatoms. The maximum Gasteiger partial charge on any atom is 0.123 e. The first kappa shape index (κ1) is 12.2. The quantitative estimate of drug-likeness (QED) is 0.755. The van der Waals surface area contributed by atoms with Crippen molar-refractivity contribution >= 4 is 0 Å². The van der Waals surface area contributed by atoms with Crippen molar-refractivity contribution in [3.05, 3.63) is 23.8 Å². The highest BCUT2D eigenvalue weighted by atomic mass is 16.3. The highest BCUT2D eigenvalue weighted by molar-refractivity contribution is 5.38. The standard InChI is InChI=1S/C14H21NO2/c1-14(2)6-5-11(8-14)15-9-10-3-4-12(16)7-13(10)17/h3-4,7,11,15-17H,5-6,8-9H2,1-2H3. The number of rotatable bonds is 3. The summed E-state index contributed by atoms with van der Waals surface area (Å²) in [4.78, 5) is 0. The summed E-state index contributed by atoms with van der Waals surface area (Å²) in [6, 6.07) is 5.29. The summed E-state index contributed by atoms with van der Waals surface area (Å²) < 4.78 is 0. The van der Waals surface area contributed by atoms with Gasteiger partial charge in [0.2, 0.25) is 0 Å². The molecular weight excluding hydrogens is 214 g/mol. The molecule has 1 atom stereocenters. The average molecular weight is 235 g/mol. The lowest BCUT2D eigenvalue weighted by molar-refractivity contribution is 0.363. The lowest BCUT2D eigenvalue weighted by Gasteiger charge is -2.18. The predicted octanol–water partition coefficient (Wildman–Crippen LogP) is 2.77. The fraction of sp³-hybridized carbons (Fsp3) is 0.571. The van der Waals surface area contributed by atoms with Crippen LogP contribution in [0.25, 0.3) is 0 Å². The van der Waals surface area contributed by atoms with Crippen molar-refractivity contribution in [3.63, 3.8) is 0 Å². The van der Waals surface area contributed by atoms with Gasteiger partial charge in [0.1, 0.15) is 11.5 Å². The fourth-order valence-electron chi connectivity index (χ4n) is 2.57. The van der Waals surface area contributed by atoms with E-state index < -0.39 is 0 Å². The number of nitrogens with one attached hydrogen (secondary N) is 1. The molecule has 1 aliphatic carbocycles. The van der Waals surface area contributed by atoms with E-state index in [1.807, 2.05) is 0 Å². The molecule has 0 radical (unpaired) electrons. The fourth-order valence-corrected chi connectivity index (χ4v) is 2.57. The van der Waals surface area contributed by atoms with Crippen molar-refractivity contribution < 1.29 is 10.2 Å². The van der Waals surface area contributed by atoms with Gasteiger partial charge in [-0.1, -0.05) is 19.9 Å². The predicted molar refractivity (Wildman–Crippen MR) is 68.0 cm³/mol. The van der Waals surface area contributed by atoms with Crippen LogP contribution in [0.3, 0.4) is 0 Å². The molecule has 3 nitrogen and oxygen atoms in total. The number of aromatic hydroxyl groups is 2. The molecule has 1 aromatic rings. The average Bonchev–Trinajstić information content (AvgIpc) is 2.57. The van der Waals surface area contributed by atoms with Crippen molar-refractivity contribution in [2.24, 2.45) is 5.41 Å². The van der Waals surface area contributed by atoms with Gasteiger partial charge in [-0.15, -0.1) is 0 Å². The van der Waals surface area contributed by atoms with Gasteiger partial charge in [-0.2, -0.15) is 0 Å². The topological polar surface area (TPSA) is 52.5 Å². The molecule has 1 fully saturated rings. The maximum absolute atomic E-state index is 9.67. The zero-order chi connectivity index (χ0) is 12.5. The number of benzene rings is 1. The lowest BCUT2D eigenvalue weighted by Crippen LogP contribution is -2.26. The van der Waals surface area contributed by atoms with E-state index in [0.29, 0.717) is 18.0 Å². The minimum Gasteiger partial charge on any atom is -0.508 e. The van der Waals surface area contributed by atoms with Crippen LogP contribution in [0.2, 0.25) is 0 Å². The summed E-state index contributed by atoms with van der Waals surface area (Å²) in [7, 11) is 0.